The van der Waals surface area contributed by atoms with Gasteiger partial charge in [0.05, 0.1) is 22.4 Å². The first-order chi connectivity index (χ1) is 9.19. The molecule has 0 spiro atoms. The normalized spacial score (nSPS) is 11.2. The molecule has 20 heavy (non-hydrogen) atoms. The van der Waals surface area contributed by atoms with E-state index in [-0.39, 0.29) is 12.1 Å². The Kier molecular flexibility index (Phi) is 4.60. The SMILES string of the molecule is CCN(CC(C)(C)C(=O)O)c1ccc(C(=O)O)cc1N. The smallest absolute Gasteiger partial charge is 0.335 e. The first kappa shape index (κ1) is 15.8. The number of carbonyl (C=O) groups is 2. The molecule has 0 heterocycles. The Morgan fingerprint density at radius 2 is 1.90 bits per heavy atom. The van der Waals surface area contributed by atoms with Gasteiger partial charge in [-0.05, 0) is 39.0 Å². The first-order valence-electron chi connectivity index (χ1n) is 6.30. The molecule has 0 atom stereocenters. The van der Waals surface area contributed by atoms with E-state index in [4.69, 9.17) is 10.8 Å². The number of hydrogen-bond acceptors (Lipinski definition) is 4. The number of benzene rings is 1. The third kappa shape index (κ3) is 3.40. The highest BCUT2D eigenvalue weighted by Gasteiger charge is 2.30. The maximum atomic E-state index is 11.2. The lowest BCUT2D eigenvalue weighted by molar-refractivity contribution is -0.146. The molecule has 0 saturated carbocycles. The summed E-state index contributed by atoms with van der Waals surface area (Å²) in [5, 5.41) is 18.1. The average molecular weight is 280 g/mol. The van der Waals surface area contributed by atoms with Gasteiger partial charge in [0.2, 0.25) is 0 Å². The number of hydrogen-bond donors (Lipinski definition) is 3. The molecule has 0 aliphatic rings. The lowest BCUT2D eigenvalue weighted by Gasteiger charge is -2.31. The van der Waals surface area contributed by atoms with Crippen LogP contribution >= 0.6 is 0 Å². The molecule has 0 bridgehead atoms. The van der Waals surface area contributed by atoms with Gasteiger partial charge in [0.15, 0.2) is 0 Å². The van der Waals surface area contributed by atoms with Gasteiger partial charge in [-0.15, -0.1) is 0 Å². The molecule has 0 aromatic heterocycles. The van der Waals surface area contributed by atoms with Crippen LogP contribution in [0.15, 0.2) is 18.2 Å². The summed E-state index contributed by atoms with van der Waals surface area (Å²) in [7, 11) is 0. The van der Waals surface area contributed by atoms with Gasteiger partial charge in [-0.3, -0.25) is 4.79 Å². The van der Waals surface area contributed by atoms with Crippen molar-refractivity contribution in [2.45, 2.75) is 20.8 Å². The van der Waals surface area contributed by atoms with Gasteiger partial charge in [-0.2, -0.15) is 0 Å². The fourth-order valence-electron chi connectivity index (χ4n) is 1.89. The van der Waals surface area contributed by atoms with Crippen LogP contribution in [0, 0.1) is 5.41 Å². The summed E-state index contributed by atoms with van der Waals surface area (Å²) in [6.07, 6.45) is 0. The van der Waals surface area contributed by atoms with Gasteiger partial charge in [-0.25, -0.2) is 4.79 Å². The van der Waals surface area contributed by atoms with E-state index < -0.39 is 17.4 Å². The number of anilines is 2. The molecule has 0 saturated heterocycles. The van der Waals surface area contributed by atoms with Crippen molar-refractivity contribution in [3.05, 3.63) is 23.8 Å². The molecule has 0 amide bonds. The van der Waals surface area contributed by atoms with Crippen molar-refractivity contribution in [2.75, 3.05) is 23.7 Å². The topological polar surface area (TPSA) is 104 Å². The van der Waals surface area contributed by atoms with Crippen molar-refractivity contribution < 1.29 is 19.8 Å². The molecule has 4 N–H and O–H groups in total. The summed E-state index contributed by atoms with van der Waals surface area (Å²) in [4.78, 5) is 23.9. The summed E-state index contributed by atoms with van der Waals surface area (Å²) in [5.74, 6) is -1.94. The van der Waals surface area contributed by atoms with Crippen LogP contribution in [0.1, 0.15) is 31.1 Å². The quantitative estimate of drug-likeness (QED) is 0.688. The Labute approximate surface area is 117 Å². The van der Waals surface area contributed by atoms with Gasteiger partial charge in [0.1, 0.15) is 0 Å². The summed E-state index contributed by atoms with van der Waals surface area (Å²) in [5.41, 5.74) is 6.04. The number of carboxylic acids is 2. The van der Waals surface area contributed by atoms with E-state index >= 15 is 0 Å². The van der Waals surface area contributed by atoms with Crippen LogP contribution in [-0.4, -0.2) is 35.2 Å². The molecule has 6 heteroatoms. The first-order valence-corrected chi connectivity index (χ1v) is 6.30. The Bertz CT molecular complexity index is 526. The molecule has 0 unspecified atom stereocenters. The monoisotopic (exact) mass is 280 g/mol. The van der Waals surface area contributed by atoms with Crippen molar-refractivity contribution in [3.8, 4) is 0 Å². The molecule has 0 aliphatic carbocycles. The van der Waals surface area contributed by atoms with Gasteiger partial charge >= 0.3 is 11.9 Å². The maximum absolute atomic E-state index is 11.2. The third-order valence-electron chi connectivity index (χ3n) is 3.16. The van der Waals surface area contributed by atoms with Crippen molar-refractivity contribution in [2.24, 2.45) is 5.41 Å². The second-order valence-corrected chi connectivity index (χ2v) is 5.28. The highest BCUT2D eigenvalue weighted by molar-refractivity contribution is 5.90. The Morgan fingerprint density at radius 3 is 2.30 bits per heavy atom. The minimum Gasteiger partial charge on any atom is -0.481 e. The summed E-state index contributed by atoms with van der Waals surface area (Å²) >= 11 is 0. The highest BCUT2D eigenvalue weighted by Crippen LogP contribution is 2.28. The van der Waals surface area contributed by atoms with Crippen LogP contribution in [0.2, 0.25) is 0 Å². The van der Waals surface area contributed by atoms with Gasteiger partial charge in [-0.1, -0.05) is 0 Å². The number of nitrogens with two attached hydrogens (primary N) is 1. The number of nitrogen functional groups attached to an aromatic ring is 1. The van der Waals surface area contributed by atoms with Crippen LogP contribution in [0.4, 0.5) is 11.4 Å². The minimum absolute atomic E-state index is 0.111. The standard InChI is InChI=1S/C14H20N2O4/c1-4-16(8-14(2,3)13(19)20)11-6-5-9(12(17)18)7-10(11)15/h5-7H,4,8,15H2,1-3H3,(H,17,18)(H,19,20). The molecule has 1 aromatic rings. The summed E-state index contributed by atoms with van der Waals surface area (Å²) in [6.45, 7) is 6.03. The molecular formula is C14H20N2O4. The maximum Gasteiger partial charge on any atom is 0.335 e. The van der Waals surface area contributed by atoms with E-state index in [9.17, 15) is 14.7 Å². The fourth-order valence-corrected chi connectivity index (χ4v) is 1.89. The van der Waals surface area contributed by atoms with Crippen LogP contribution in [0.5, 0.6) is 0 Å². The van der Waals surface area contributed by atoms with Crippen molar-refractivity contribution in [3.63, 3.8) is 0 Å². The van der Waals surface area contributed by atoms with E-state index in [0.29, 0.717) is 17.9 Å². The Morgan fingerprint density at radius 1 is 1.30 bits per heavy atom. The highest BCUT2D eigenvalue weighted by atomic mass is 16.4. The Balaban J connectivity index is 3.07. The zero-order chi connectivity index (χ0) is 15.5. The molecule has 1 aromatic carbocycles. The van der Waals surface area contributed by atoms with E-state index in [1.807, 2.05) is 11.8 Å². The second-order valence-electron chi connectivity index (χ2n) is 5.28. The molecule has 110 valence electrons. The molecule has 0 aliphatic heterocycles. The van der Waals surface area contributed by atoms with Crippen LogP contribution in [-0.2, 0) is 4.79 Å². The number of aliphatic carboxylic acids is 1. The van der Waals surface area contributed by atoms with E-state index in [0.717, 1.165) is 0 Å². The lowest BCUT2D eigenvalue weighted by Crippen LogP contribution is -2.39. The molecule has 1 rings (SSSR count). The van der Waals surface area contributed by atoms with Gasteiger partial charge in [0, 0.05) is 13.1 Å². The summed E-state index contributed by atoms with van der Waals surface area (Å²) in [6, 6.07) is 4.46. The van der Waals surface area contributed by atoms with Crippen molar-refractivity contribution in [1.82, 2.24) is 0 Å². The minimum atomic E-state index is -1.04. The van der Waals surface area contributed by atoms with Crippen LogP contribution in [0.3, 0.4) is 0 Å². The van der Waals surface area contributed by atoms with Crippen LogP contribution in [0.25, 0.3) is 0 Å². The van der Waals surface area contributed by atoms with Gasteiger partial charge < -0.3 is 20.8 Å². The predicted octanol–water partition coefficient (Wildman–Crippen LogP) is 1.90. The van der Waals surface area contributed by atoms with E-state index in [1.165, 1.54) is 12.1 Å². The average Bonchev–Trinajstić information content (AvgIpc) is 2.35. The van der Waals surface area contributed by atoms with Crippen molar-refractivity contribution in [1.29, 1.82) is 0 Å². The number of carboxylic acid groups (broad SMARTS) is 2. The fraction of sp³-hybridized carbons (Fsp3) is 0.429. The lowest BCUT2D eigenvalue weighted by atomic mass is 9.92. The predicted molar refractivity (Wildman–Crippen MR) is 77.1 cm³/mol. The zero-order valence-electron chi connectivity index (χ0n) is 11.9. The Hall–Kier alpha value is -2.24. The molecular weight excluding hydrogens is 260 g/mol. The largest absolute Gasteiger partial charge is 0.481 e. The molecule has 6 nitrogen and oxygen atoms in total. The number of rotatable bonds is 6. The molecule has 0 fully saturated rings. The zero-order valence-corrected chi connectivity index (χ0v) is 11.9. The molecule has 0 radical (unpaired) electrons. The summed E-state index contributed by atoms with van der Waals surface area (Å²) < 4.78 is 0. The number of nitrogens with zero attached hydrogens (tertiary/aromatic N) is 1. The van der Waals surface area contributed by atoms with Crippen LogP contribution < -0.4 is 10.6 Å². The van der Waals surface area contributed by atoms with Gasteiger partial charge in [0.25, 0.3) is 0 Å². The van der Waals surface area contributed by atoms with E-state index in [2.05, 4.69) is 0 Å². The number of aromatic carboxylic acids is 1. The third-order valence-corrected chi connectivity index (χ3v) is 3.16. The van der Waals surface area contributed by atoms with Crippen molar-refractivity contribution >= 4 is 23.3 Å². The van der Waals surface area contributed by atoms with E-state index in [1.54, 1.807) is 19.9 Å². The second kappa shape index (κ2) is 5.81.